The highest BCUT2D eigenvalue weighted by molar-refractivity contribution is 7.98. The molecule has 142 valence electrons. The maximum absolute atomic E-state index is 12.9. The van der Waals surface area contributed by atoms with Crippen molar-refractivity contribution in [3.05, 3.63) is 63.7 Å². The van der Waals surface area contributed by atoms with E-state index in [4.69, 9.17) is 9.47 Å². The molecule has 0 aliphatic heterocycles. The summed E-state index contributed by atoms with van der Waals surface area (Å²) in [5.74, 6) is 3.58. The molecule has 0 amide bonds. The van der Waals surface area contributed by atoms with E-state index < -0.39 is 0 Å². The number of thioether (sulfide) groups is 1. The zero-order valence-electron chi connectivity index (χ0n) is 16.1. The van der Waals surface area contributed by atoms with Crippen molar-refractivity contribution in [2.24, 2.45) is 0 Å². The second-order valence-electron chi connectivity index (χ2n) is 6.38. The first-order valence-corrected chi connectivity index (χ1v) is 9.95. The fourth-order valence-electron chi connectivity index (χ4n) is 2.95. The second-order valence-corrected chi connectivity index (χ2v) is 7.48. The van der Waals surface area contributed by atoms with E-state index in [1.54, 1.807) is 30.9 Å². The summed E-state index contributed by atoms with van der Waals surface area (Å²) in [4.78, 5) is 17.5. The molecule has 6 heteroatoms. The molecular weight excluding hydrogens is 360 g/mol. The lowest BCUT2D eigenvalue weighted by Gasteiger charge is -2.13. The Morgan fingerprint density at radius 2 is 1.70 bits per heavy atom. The van der Waals surface area contributed by atoms with E-state index in [0.29, 0.717) is 34.8 Å². The Hall–Kier alpha value is -2.47. The number of ether oxygens (including phenoxy) is 2. The number of aromatic nitrogens is 2. The van der Waals surface area contributed by atoms with E-state index >= 15 is 0 Å². The number of aryl methyl sites for hydroxylation is 2. The number of benzene rings is 2. The lowest BCUT2D eigenvalue weighted by atomic mass is 10.2. The van der Waals surface area contributed by atoms with Gasteiger partial charge in [-0.05, 0) is 25.5 Å². The van der Waals surface area contributed by atoms with Gasteiger partial charge in [-0.3, -0.25) is 9.36 Å². The topological polar surface area (TPSA) is 53.4 Å². The monoisotopic (exact) mass is 384 g/mol. The number of rotatable bonds is 7. The van der Waals surface area contributed by atoms with Crippen molar-refractivity contribution in [1.82, 2.24) is 9.55 Å². The van der Waals surface area contributed by atoms with Crippen LogP contribution in [0.5, 0.6) is 11.5 Å². The van der Waals surface area contributed by atoms with Gasteiger partial charge in [-0.15, -0.1) is 0 Å². The average molecular weight is 385 g/mol. The summed E-state index contributed by atoms with van der Waals surface area (Å²) in [5, 5.41) is 0.543. The lowest BCUT2D eigenvalue weighted by molar-refractivity contribution is 0.355. The van der Waals surface area contributed by atoms with Crippen molar-refractivity contribution in [3.8, 4) is 11.5 Å². The van der Waals surface area contributed by atoms with Crippen LogP contribution in [0.25, 0.3) is 10.9 Å². The minimum atomic E-state index is -0.0469. The quantitative estimate of drug-likeness (QED) is 0.577. The fourth-order valence-corrected chi connectivity index (χ4v) is 3.84. The first kappa shape index (κ1) is 19.3. The summed E-state index contributed by atoms with van der Waals surface area (Å²) in [6, 6.07) is 12.0. The summed E-state index contributed by atoms with van der Waals surface area (Å²) in [7, 11) is 3.13. The van der Waals surface area contributed by atoms with Crippen LogP contribution in [-0.2, 0) is 12.3 Å². The highest BCUT2D eigenvalue weighted by Gasteiger charge is 2.13. The molecular formula is C21H24N2O3S. The minimum Gasteiger partial charge on any atom is -0.493 e. The molecule has 0 saturated carbocycles. The molecule has 0 unspecified atom stereocenters. The largest absolute Gasteiger partial charge is 0.493 e. The van der Waals surface area contributed by atoms with Crippen LogP contribution in [0.1, 0.15) is 17.0 Å². The van der Waals surface area contributed by atoms with Crippen LogP contribution in [0, 0.1) is 13.8 Å². The van der Waals surface area contributed by atoms with Crippen molar-refractivity contribution in [2.75, 3.05) is 20.0 Å². The Morgan fingerprint density at radius 3 is 2.37 bits per heavy atom. The van der Waals surface area contributed by atoms with Crippen LogP contribution in [-0.4, -0.2) is 29.5 Å². The second kappa shape index (κ2) is 8.48. The molecule has 0 spiro atoms. The molecule has 1 heterocycles. The number of fused-ring (bicyclic) bond motifs is 1. The van der Waals surface area contributed by atoms with E-state index in [-0.39, 0.29) is 5.56 Å². The van der Waals surface area contributed by atoms with Crippen LogP contribution in [0.4, 0.5) is 0 Å². The first-order chi connectivity index (χ1) is 13.0. The molecule has 27 heavy (non-hydrogen) atoms. The normalized spacial score (nSPS) is 11.0. The highest BCUT2D eigenvalue weighted by atomic mass is 32.2. The molecule has 3 rings (SSSR count). The molecule has 0 aliphatic rings. The Balaban J connectivity index is 1.77. The molecule has 5 nitrogen and oxygen atoms in total. The number of hydrogen-bond donors (Lipinski definition) is 0. The van der Waals surface area contributed by atoms with Crippen LogP contribution >= 0.6 is 11.8 Å². The van der Waals surface area contributed by atoms with E-state index in [0.717, 1.165) is 11.5 Å². The first-order valence-electron chi connectivity index (χ1n) is 8.80. The van der Waals surface area contributed by atoms with Crippen LogP contribution < -0.4 is 15.0 Å². The van der Waals surface area contributed by atoms with E-state index in [9.17, 15) is 4.79 Å². The Kier molecular flexibility index (Phi) is 6.06. The maximum atomic E-state index is 12.9. The molecule has 3 aromatic rings. The molecule has 0 saturated heterocycles. The smallest absolute Gasteiger partial charge is 0.261 e. The van der Waals surface area contributed by atoms with E-state index in [1.165, 1.54) is 11.1 Å². The summed E-state index contributed by atoms with van der Waals surface area (Å²) in [6.45, 7) is 4.57. The predicted octanol–water partition coefficient (Wildman–Crippen LogP) is 3.96. The molecule has 0 aliphatic carbocycles. The predicted molar refractivity (Wildman–Crippen MR) is 111 cm³/mol. The molecule has 0 fully saturated rings. The highest BCUT2D eigenvalue weighted by Crippen LogP contribution is 2.30. The molecule has 0 N–H and O–H groups in total. The van der Waals surface area contributed by atoms with Gasteiger partial charge < -0.3 is 9.47 Å². The molecule has 1 aromatic heterocycles. The van der Waals surface area contributed by atoms with Crippen molar-refractivity contribution in [1.29, 1.82) is 0 Å². The minimum absolute atomic E-state index is 0.0469. The zero-order valence-corrected chi connectivity index (χ0v) is 16.9. The van der Waals surface area contributed by atoms with E-state index in [2.05, 4.69) is 36.2 Å². The lowest BCUT2D eigenvalue weighted by Crippen LogP contribution is -2.25. The number of methoxy groups -OCH3 is 2. The van der Waals surface area contributed by atoms with Crippen molar-refractivity contribution >= 4 is 22.7 Å². The van der Waals surface area contributed by atoms with Crippen molar-refractivity contribution in [2.45, 2.75) is 26.1 Å². The van der Waals surface area contributed by atoms with Gasteiger partial charge in [-0.1, -0.05) is 29.8 Å². The van der Waals surface area contributed by atoms with Crippen molar-refractivity contribution in [3.63, 3.8) is 0 Å². The van der Waals surface area contributed by atoms with Gasteiger partial charge >= 0.3 is 0 Å². The van der Waals surface area contributed by atoms with Crippen LogP contribution in [0.15, 0.2) is 41.2 Å². The third-order valence-electron chi connectivity index (χ3n) is 4.50. The zero-order chi connectivity index (χ0) is 19.4. The Morgan fingerprint density at radius 1 is 1.04 bits per heavy atom. The van der Waals surface area contributed by atoms with Gasteiger partial charge in [0, 0.05) is 24.1 Å². The van der Waals surface area contributed by atoms with Gasteiger partial charge in [0.1, 0.15) is 5.82 Å². The summed E-state index contributed by atoms with van der Waals surface area (Å²) in [6.07, 6.45) is 0. The SMILES string of the molecule is COc1cc2nc(C)n(CCSCc3ccc(C)cc3)c(=O)c2cc1OC. The molecule has 0 atom stereocenters. The third-order valence-corrected chi connectivity index (χ3v) is 5.51. The molecule has 0 bridgehead atoms. The van der Waals surface area contributed by atoms with Gasteiger partial charge in [-0.25, -0.2) is 4.98 Å². The summed E-state index contributed by atoms with van der Waals surface area (Å²) in [5.41, 5.74) is 3.14. The van der Waals surface area contributed by atoms with Crippen LogP contribution in [0.3, 0.4) is 0 Å². The van der Waals surface area contributed by atoms with Crippen LogP contribution in [0.2, 0.25) is 0 Å². The third kappa shape index (κ3) is 4.27. The molecule has 2 aromatic carbocycles. The number of hydrogen-bond acceptors (Lipinski definition) is 5. The van der Waals surface area contributed by atoms with Gasteiger partial charge in [0.2, 0.25) is 0 Å². The summed E-state index contributed by atoms with van der Waals surface area (Å²) < 4.78 is 12.4. The Bertz CT molecular complexity index is 997. The standard InChI is InChI=1S/C21H24N2O3S/c1-14-5-7-16(8-6-14)13-27-10-9-23-15(2)22-18-12-20(26-4)19(25-3)11-17(18)21(23)24/h5-8,11-12H,9-10,13H2,1-4H3. The molecule has 0 radical (unpaired) electrons. The van der Waals surface area contributed by atoms with Gasteiger partial charge in [0.25, 0.3) is 5.56 Å². The van der Waals surface area contributed by atoms with Gasteiger partial charge in [0.15, 0.2) is 11.5 Å². The average Bonchev–Trinajstić information content (AvgIpc) is 2.67. The van der Waals surface area contributed by atoms with E-state index in [1.807, 2.05) is 18.7 Å². The van der Waals surface area contributed by atoms with Gasteiger partial charge in [0.05, 0.1) is 25.1 Å². The Labute approximate surface area is 163 Å². The number of nitrogens with zero attached hydrogens (tertiary/aromatic N) is 2. The summed E-state index contributed by atoms with van der Waals surface area (Å²) >= 11 is 1.81. The van der Waals surface area contributed by atoms with Crippen molar-refractivity contribution < 1.29 is 9.47 Å². The maximum Gasteiger partial charge on any atom is 0.261 e. The fraction of sp³-hybridized carbons (Fsp3) is 0.333. The van der Waals surface area contributed by atoms with Gasteiger partial charge in [-0.2, -0.15) is 11.8 Å².